The lowest BCUT2D eigenvalue weighted by molar-refractivity contribution is 0.0598. The number of hydrogen-bond donors (Lipinski definition) is 1. The van der Waals surface area contributed by atoms with Gasteiger partial charge >= 0.3 is 5.97 Å². The largest absolute Gasteiger partial charge is 0.465 e. The summed E-state index contributed by atoms with van der Waals surface area (Å²) >= 11 is 0. The number of fused-ring (bicyclic) bond motifs is 3. The lowest BCUT2D eigenvalue weighted by atomic mass is 9.74. The molecule has 4 heteroatoms. The van der Waals surface area contributed by atoms with E-state index >= 15 is 0 Å². The van der Waals surface area contributed by atoms with Gasteiger partial charge in [0.2, 0.25) is 0 Å². The Morgan fingerprint density at radius 2 is 2.04 bits per heavy atom. The van der Waals surface area contributed by atoms with Crippen molar-refractivity contribution in [2.75, 3.05) is 12.4 Å². The van der Waals surface area contributed by atoms with Crippen LogP contribution in [0.4, 0.5) is 10.1 Å². The fourth-order valence-electron chi connectivity index (χ4n) is 4.18. The molecule has 1 N–H and O–H groups in total. The van der Waals surface area contributed by atoms with Gasteiger partial charge in [0.25, 0.3) is 0 Å². The molecular formula is C21H20FNO2. The second-order valence-electron chi connectivity index (χ2n) is 6.71. The van der Waals surface area contributed by atoms with Gasteiger partial charge in [-0.15, -0.1) is 0 Å². The molecule has 0 fully saturated rings. The zero-order valence-electron chi connectivity index (χ0n) is 14.3. The van der Waals surface area contributed by atoms with Gasteiger partial charge in [0, 0.05) is 17.2 Å². The van der Waals surface area contributed by atoms with E-state index in [1.165, 1.54) is 13.2 Å². The Hall–Kier alpha value is -2.62. The summed E-state index contributed by atoms with van der Waals surface area (Å²) in [5, 5.41) is 3.53. The highest BCUT2D eigenvalue weighted by Crippen LogP contribution is 2.52. The molecule has 0 unspecified atom stereocenters. The SMILES string of the molecule is COC(=O)c1ccc(C)c2c1[C@@H]1C=CC[C@@H]1[C@H](c1ccccc1F)N2. The van der Waals surface area contributed by atoms with E-state index in [2.05, 4.69) is 17.5 Å². The molecule has 25 heavy (non-hydrogen) atoms. The molecule has 3 nitrogen and oxygen atoms in total. The Labute approximate surface area is 146 Å². The fraction of sp³-hybridized carbons (Fsp3) is 0.286. The molecule has 0 amide bonds. The predicted molar refractivity (Wildman–Crippen MR) is 95.3 cm³/mol. The molecule has 2 aliphatic rings. The van der Waals surface area contributed by atoms with Gasteiger partial charge in [-0.25, -0.2) is 9.18 Å². The van der Waals surface area contributed by atoms with Crippen molar-refractivity contribution in [3.63, 3.8) is 0 Å². The van der Waals surface area contributed by atoms with Crippen molar-refractivity contribution in [3.05, 3.63) is 76.6 Å². The number of rotatable bonds is 2. The molecule has 1 heterocycles. The average molecular weight is 337 g/mol. The third kappa shape index (κ3) is 2.44. The first kappa shape index (κ1) is 15.9. The predicted octanol–water partition coefficient (Wildman–Crippen LogP) is 4.75. The number of ether oxygens (including phenoxy) is 1. The molecule has 0 radical (unpaired) electrons. The van der Waals surface area contributed by atoms with Crippen LogP contribution in [0.5, 0.6) is 0 Å². The molecule has 1 aliphatic carbocycles. The minimum atomic E-state index is -0.332. The number of nitrogens with one attached hydrogen (secondary N) is 1. The molecule has 0 bridgehead atoms. The first-order valence-electron chi connectivity index (χ1n) is 8.51. The van der Waals surface area contributed by atoms with E-state index in [1.807, 2.05) is 31.2 Å². The second-order valence-corrected chi connectivity index (χ2v) is 6.71. The molecule has 0 spiro atoms. The van der Waals surface area contributed by atoms with E-state index in [0.717, 1.165) is 23.2 Å². The van der Waals surface area contributed by atoms with Gasteiger partial charge < -0.3 is 10.1 Å². The van der Waals surface area contributed by atoms with Crippen LogP contribution in [0.1, 0.15) is 45.4 Å². The topological polar surface area (TPSA) is 38.3 Å². The molecule has 128 valence electrons. The zero-order chi connectivity index (χ0) is 17.6. The van der Waals surface area contributed by atoms with E-state index in [1.54, 1.807) is 6.07 Å². The molecule has 4 rings (SSSR count). The number of carbonyl (C=O) groups is 1. The minimum Gasteiger partial charge on any atom is -0.465 e. The van der Waals surface area contributed by atoms with Crippen LogP contribution < -0.4 is 5.32 Å². The van der Waals surface area contributed by atoms with Gasteiger partial charge in [-0.05, 0) is 42.5 Å². The van der Waals surface area contributed by atoms with Crippen LogP contribution in [-0.2, 0) is 4.74 Å². The standard InChI is InChI=1S/C21H20FNO2/c1-12-10-11-16(21(24)25-2)18-13-7-5-8-14(13)20(23-19(12)18)15-6-3-4-9-17(15)22/h3-7,9-11,13-14,20,23H,8H2,1-2H3/t13-,14+,20-/m1/s1. The maximum absolute atomic E-state index is 14.4. The van der Waals surface area contributed by atoms with E-state index in [-0.39, 0.29) is 29.7 Å². The number of hydrogen-bond acceptors (Lipinski definition) is 3. The van der Waals surface area contributed by atoms with Gasteiger partial charge in [0.05, 0.1) is 18.7 Å². The maximum Gasteiger partial charge on any atom is 0.338 e. The lowest BCUT2D eigenvalue weighted by Gasteiger charge is -2.39. The lowest BCUT2D eigenvalue weighted by Crippen LogP contribution is -2.31. The molecule has 2 aromatic carbocycles. The maximum atomic E-state index is 14.4. The number of allylic oxidation sites excluding steroid dienone is 2. The van der Waals surface area contributed by atoms with Crippen LogP contribution >= 0.6 is 0 Å². The highest BCUT2D eigenvalue weighted by atomic mass is 19.1. The van der Waals surface area contributed by atoms with E-state index in [0.29, 0.717) is 11.1 Å². The van der Waals surface area contributed by atoms with Crippen molar-refractivity contribution in [1.82, 2.24) is 0 Å². The highest BCUT2D eigenvalue weighted by molar-refractivity contribution is 5.94. The van der Waals surface area contributed by atoms with Crippen molar-refractivity contribution in [1.29, 1.82) is 0 Å². The monoisotopic (exact) mass is 337 g/mol. The van der Waals surface area contributed by atoms with Crippen LogP contribution in [0, 0.1) is 18.7 Å². The van der Waals surface area contributed by atoms with Crippen molar-refractivity contribution in [3.8, 4) is 0 Å². The number of methoxy groups -OCH3 is 1. The Morgan fingerprint density at radius 1 is 1.24 bits per heavy atom. The quantitative estimate of drug-likeness (QED) is 0.635. The molecule has 0 saturated heterocycles. The number of benzene rings is 2. The van der Waals surface area contributed by atoms with E-state index in [4.69, 9.17) is 4.74 Å². The Bertz CT molecular complexity index is 874. The third-order valence-electron chi connectivity index (χ3n) is 5.37. The normalized spacial score (nSPS) is 23.6. The smallest absolute Gasteiger partial charge is 0.338 e. The van der Waals surface area contributed by atoms with Crippen LogP contribution in [-0.4, -0.2) is 13.1 Å². The summed E-state index contributed by atoms with van der Waals surface area (Å²) < 4.78 is 19.4. The summed E-state index contributed by atoms with van der Waals surface area (Å²) in [5.74, 6) is -0.276. The van der Waals surface area contributed by atoms with Crippen LogP contribution in [0.15, 0.2) is 48.6 Å². The average Bonchev–Trinajstić information content (AvgIpc) is 3.11. The Kier molecular flexibility index (Phi) is 3.83. The fourth-order valence-corrected chi connectivity index (χ4v) is 4.18. The van der Waals surface area contributed by atoms with Crippen molar-refractivity contribution >= 4 is 11.7 Å². The van der Waals surface area contributed by atoms with Crippen LogP contribution in [0.25, 0.3) is 0 Å². The van der Waals surface area contributed by atoms with E-state index in [9.17, 15) is 9.18 Å². The van der Waals surface area contributed by atoms with Crippen molar-refractivity contribution < 1.29 is 13.9 Å². The molecule has 0 saturated carbocycles. The van der Waals surface area contributed by atoms with Crippen LogP contribution in [0.2, 0.25) is 0 Å². The molecular weight excluding hydrogens is 317 g/mol. The number of anilines is 1. The van der Waals surface area contributed by atoms with Crippen molar-refractivity contribution in [2.45, 2.75) is 25.3 Å². The minimum absolute atomic E-state index is 0.0786. The number of halogens is 1. The summed E-state index contributed by atoms with van der Waals surface area (Å²) in [4.78, 5) is 12.3. The first-order chi connectivity index (χ1) is 12.1. The number of esters is 1. The molecule has 3 atom stereocenters. The second kappa shape index (κ2) is 6.03. The summed E-state index contributed by atoms with van der Waals surface area (Å²) in [7, 11) is 1.40. The van der Waals surface area contributed by atoms with Crippen molar-refractivity contribution in [2.24, 2.45) is 5.92 Å². The van der Waals surface area contributed by atoms with E-state index < -0.39 is 0 Å². The Balaban J connectivity index is 1.89. The van der Waals surface area contributed by atoms with Gasteiger partial charge in [-0.3, -0.25) is 0 Å². The highest BCUT2D eigenvalue weighted by Gasteiger charge is 2.41. The van der Waals surface area contributed by atoms with Gasteiger partial charge in [0.15, 0.2) is 0 Å². The molecule has 1 aliphatic heterocycles. The van der Waals surface area contributed by atoms with Crippen LogP contribution in [0.3, 0.4) is 0 Å². The third-order valence-corrected chi connectivity index (χ3v) is 5.37. The number of carbonyl (C=O) groups excluding carboxylic acids is 1. The first-order valence-corrected chi connectivity index (χ1v) is 8.51. The molecule has 0 aromatic heterocycles. The zero-order valence-corrected chi connectivity index (χ0v) is 14.3. The summed E-state index contributed by atoms with van der Waals surface area (Å²) in [6.45, 7) is 2.00. The summed E-state index contributed by atoms with van der Waals surface area (Å²) in [6.07, 6.45) is 5.12. The summed E-state index contributed by atoms with van der Waals surface area (Å²) in [6, 6.07) is 10.5. The summed E-state index contributed by atoms with van der Waals surface area (Å²) in [5.41, 5.74) is 4.20. The van der Waals surface area contributed by atoms with Gasteiger partial charge in [-0.2, -0.15) is 0 Å². The number of aryl methyl sites for hydroxylation is 1. The van der Waals surface area contributed by atoms with Gasteiger partial charge in [-0.1, -0.05) is 36.4 Å². The van der Waals surface area contributed by atoms with Gasteiger partial charge in [0.1, 0.15) is 5.82 Å². The Morgan fingerprint density at radius 3 is 2.80 bits per heavy atom. The molecule has 2 aromatic rings.